The molecule has 0 N–H and O–H groups in total. The molecule has 0 aliphatic carbocycles. The first-order chi connectivity index (χ1) is 66.3. The van der Waals surface area contributed by atoms with Crippen molar-refractivity contribution >= 4 is 33.3 Å². The monoisotopic (exact) mass is 1880 g/mol. The predicted octanol–water partition coefficient (Wildman–Crippen LogP) is 31.8. The van der Waals surface area contributed by atoms with Crippen molar-refractivity contribution in [3.63, 3.8) is 0 Å². The summed E-state index contributed by atoms with van der Waals surface area (Å²) in [6.07, 6.45) is 0. The van der Waals surface area contributed by atoms with Crippen molar-refractivity contribution in [1.82, 2.24) is 0 Å². The van der Waals surface area contributed by atoms with Crippen molar-refractivity contribution < 1.29 is 17.7 Å². The summed E-state index contributed by atoms with van der Waals surface area (Å²) in [6, 6.07) is 165. The Balaban J connectivity index is 1.01. The number of hydrogen-bond donors (Lipinski definition) is 0. The molecule has 16 aromatic rings. The van der Waals surface area contributed by atoms with Crippen molar-refractivity contribution in [3.8, 4) is 23.0 Å². The number of aryl methyl sites for hydroxylation is 4. The zero-order chi connectivity index (χ0) is 96.7. The van der Waals surface area contributed by atoms with Crippen LogP contribution in [0.5, 0.6) is 23.0 Å². The quantitative estimate of drug-likeness (QED) is 0.0364. The fourth-order valence-corrected chi connectivity index (χ4v) is 38.5. The maximum atomic E-state index is 8.62. The Morgan fingerprint density at radius 3 is 0.377 bits per heavy atom. The Morgan fingerprint density at radius 2 is 0.275 bits per heavy atom. The van der Waals surface area contributed by atoms with Gasteiger partial charge in [0.05, 0.1) is 0 Å². The second-order valence-corrected chi connectivity index (χ2v) is 58.4. The molecule has 16 rings (SSSR count). The van der Waals surface area contributed by atoms with Crippen LogP contribution in [0.1, 0.15) is 228 Å². The van der Waals surface area contributed by atoms with Crippen molar-refractivity contribution in [2.45, 2.75) is 217 Å². The minimum atomic E-state index is -3.04. The lowest BCUT2D eigenvalue weighted by atomic mass is 9.69. The van der Waals surface area contributed by atoms with Gasteiger partial charge in [0.25, 0.3) is 33.3 Å². The van der Waals surface area contributed by atoms with E-state index in [1.165, 1.54) is 111 Å². The van der Waals surface area contributed by atoms with E-state index in [1.54, 1.807) is 0 Å². The third-order valence-electron chi connectivity index (χ3n) is 27.9. The summed E-state index contributed by atoms with van der Waals surface area (Å²) in [7, 11) is -12.2. The molecule has 0 atom stereocenters. The van der Waals surface area contributed by atoms with Gasteiger partial charge >= 0.3 is 0 Å². The standard InChI is InChI=1S/C130H142O4Si4/c1-97-77-113(81-117(127(5,6)7)123(97)131-135(85-101-53-29-17-30-54-101,86-102-55-31-18-32-56-102)87-103-57-33-19-34-58-103)121(114-78-98(2)124(118(82-114)128(8,9)10)132-136(88-104-59-35-20-36-60-104,89-105-61-37-21-38-62-105)90-106-63-39-22-40-64-106)122(115-79-99(3)125(119(83-115)129(11,12)13)133-137(91-107-65-41-23-42-66-107,92-108-67-43-24-44-68-108)93-109-69-45-25-46-70-109)116-80-100(4)126(120(84-116)130(14,15)16)134-138(94-110-71-47-26-48-72-110,95-111-73-49-27-50-74-111)96-112-75-51-28-52-76-112/h17-84,121-122H,85-96H2,1-16H3. The summed E-state index contributed by atoms with van der Waals surface area (Å²) in [5, 5.41) is 0. The first-order valence-corrected chi connectivity index (χ1v) is 60.3. The molecule has 16 aromatic carbocycles. The summed E-state index contributed by atoms with van der Waals surface area (Å²) in [6.45, 7) is 38.6. The molecule has 0 saturated carbocycles. The van der Waals surface area contributed by atoms with E-state index in [0.29, 0.717) is 0 Å². The van der Waals surface area contributed by atoms with Gasteiger partial charge in [0.1, 0.15) is 23.0 Å². The Bertz CT molecular complexity index is 5400. The van der Waals surface area contributed by atoms with E-state index in [0.717, 1.165) is 118 Å². The molecule has 0 saturated heterocycles. The van der Waals surface area contributed by atoms with Gasteiger partial charge in [-0.15, -0.1) is 0 Å². The van der Waals surface area contributed by atoms with Crippen LogP contribution in [0.15, 0.2) is 413 Å². The summed E-state index contributed by atoms with van der Waals surface area (Å²) in [4.78, 5) is 0. The molecule has 702 valence electrons. The van der Waals surface area contributed by atoms with E-state index in [-0.39, 0.29) is 11.8 Å². The molecule has 0 aliphatic rings. The van der Waals surface area contributed by atoms with Crippen LogP contribution < -0.4 is 17.7 Å². The number of rotatable bonds is 37. The SMILES string of the molecule is Cc1cc(C(c2cc(C)c(O[Si](Cc3ccccc3)(Cc3ccccc3)Cc3ccccc3)c(C(C)(C)C)c2)C(c2cc(C)c(O[Si](Cc3ccccc3)(Cc3ccccc3)Cc3ccccc3)c(C(C)(C)C)c2)c2cc(C)c(O[Si](Cc3ccccc3)(Cc3ccccc3)Cc3ccccc3)c(C(C)(C)C)c2)cc(C(C)(C)C)c1O[Si](Cc1ccccc1)(Cc1ccccc1)Cc1ccccc1. The second-order valence-electron chi connectivity index (χ2n) is 43.9. The highest BCUT2D eigenvalue weighted by atomic mass is 28.4. The third kappa shape index (κ3) is 25.2. The highest BCUT2D eigenvalue weighted by Crippen LogP contribution is 2.54. The number of benzene rings is 16. The highest BCUT2D eigenvalue weighted by Gasteiger charge is 2.47. The fourth-order valence-electron chi connectivity index (χ4n) is 21.5. The maximum absolute atomic E-state index is 8.62. The lowest BCUT2D eigenvalue weighted by Gasteiger charge is -2.40. The van der Waals surface area contributed by atoms with Gasteiger partial charge in [0.15, 0.2) is 0 Å². The van der Waals surface area contributed by atoms with Crippen LogP contribution in [-0.2, 0) is 94.2 Å². The molecule has 0 fully saturated rings. The fraction of sp³-hybridized carbons (Fsp3) is 0.262. The Morgan fingerprint density at radius 1 is 0.167 bits per heavy atom. The molecule has 0 amide bonds. The molecule has 0 unspecified atom stereocenters. The third-order valence-corrected chi connectivity index (χ3v) is 43.1. The van der Waals surface area contributed by atoms with Crippen molar-refractivity contribution in [2.24, 2.45) is 0 Å². The molecule has 0 heterocycles. The van der Waals surface area contributed by atoms with Crippen molar-refractivity contribution in [1.29, 1.82) is 0 Å². The second kappa shape index (κ2) is 43.3. The molecular weight excluding hydrogens is 1740 g/mol. The largest absolute Gasteiger partial charge is 0.542 e. The van der Waals surface area contributed by atoms with E-state index in [2.05, 4.69) is 523 Å². The van der Waals surface area contributed by atoms with Crippen LogP contribution in [-0.4, -0.2) is 33.3 Å². The predicted molar refractivity (Wildman–Crippen MR) is 590 cm³/mol. The van der Waals surface area contributed by atoms with Crippen molar-refractivity contribution in [3.05, 3.63) is 546 Å². The van der Waals surface area contributed by atoms with Crippen LogP contribution >= 0.6 is 0 Å². The molecular formula is C130H142O4Si4. The van der Waals surface area contributed by atoms with E-state index in [4.69, 9.17) is 17.7 Å². The van der Waals surface area contributed by atoms with Gasteiger partial charge < -0.3 is 17.7 Å². The van der Waals surface area contributed by atoms with E-state index < -0.39 is 54.9 Å². The summed E-state index contributed by atoms with van der Waals surface area (Å²) in [5.41, 5.74) is 27.9. The van der Waals surface area contributed by atoms with Gasteiger partial charge in [-0.05, 0) is 183 Å². The van der Waals surface area contributed by atoms with E-state index in [9.17, 15) is 0 Å². The lowest BCUT2D eigenvalue weighted by Crippen LogP contribution is -2.51. The Labute approximate surface area is 830 Å². The molecule has 8 heteroatoms. The molecule has 0 radical (unpaired) electrons. The maximum Gasteiger partial charge on any atom is 0.264 e. The molecule has 0 spiro atoms. The van der Waals surface area contributed by atoms with Crippen LogP contribution in [0.4, 0.5) is 0 Å². The van der Waals surface area contributed by atoms with Crippen LogP contribution in [0.2, 0.25) is 0 Å². The topological polar surface area (TPSA) is 36.9 Å². The molecule has 4 nitrogen and oxygen atoms in total. The van der Waals surface area contributed by atoms with E-state index in [1.807, 2.05) is 0 Å². The highest BCUT2D eigenvalue weighted by molar-refractivity contribution is 6.74. The summed E-state index contributed by atoms with van der Waals surface area (Å²) < 4.78 is 34.5. The van der Waals surface area contributed by atoms with E-state index >= 15 is 0 Å². The average Bonchev–Trinajstić information content (AvgIpc) is 0.733. The Kier molecular flexibility index (Phi) is 31.0. The zero-order valence-corrected chi connectivity index (χ0v) is 88.5. The van der Waals surface area contributed by atoms with Crippen LogP contribution in [0.3, 0.4) is 0 Å². The van der Waals surface area contributed by atoms with Gasteiger partial charge in [-0.2, -0.15) is 0 Å². The zero-order valence-electron chi connectivity index (χ0n) is 84.5. The molecule has 0 aromatic heterocycles. The minimum absolute atomic E-state index is 0.379. The van der Waals surface area contributed by atoms with Crippen LogP contribution in [0, 0.1) is 27.7 Å². The first kappa shape index (κ1) is 98.6. The van der Waals surface area contributed by atoms with Gasteiger partial charge in [0, 0.05) is 84.4 Å². The van der Waals surface area contributed by atoms with Crippen LogP contribution in [0.25, 0.3) is 0 Å². The smallest absolute Gasteiger partial charge is 0.264 e. The molecule has 0 aliphatic heterocycles. The molecule has 0 bridgehead atoms. The minimum Gasteiger partial charge on any atom is -0.542 e. The molecule has 138 heavy (non-hydrogen) atoms. The Hall–Kier alpha value is -12.4. The van der Waals surface area contributed by atoms with Gasteiger partial charge in [0.2, 0.25) is 0 Å². The summed E-state index contributed by atoms with van der Waals surface area (Å²) in [5.74, 6) is 3.21. The first-order valence-electron chi connectivity index (χ1n) is 50.2. The average molecular weight is 1880 g/mol. The van der Waals surface area contributed by atoms with Crippen molar-refractivity contribution in [2.75, 3.05) is 0 Å². The van der Waals surface area contributed by atoms with Gasteiger partial charge in [-0.3, -0.25) is 0 Å². The lowest BCUT2D eigenvalue weighted by molar-refractivity contribution is 0.479. The van der Waals surface area contributed by atoms with Gasteiger partial charge in [-0.1, -0.05) is 496 Å². The normalized spacial score (nSPS) is 12.4. The van der Waals surface area contributed by atoms with Gasteiger partial charge in [-0.25, -0.2) is 0 Å². The summed E-state index contributed by atoms with van der Waals surface area (Å²) >= 11 is 0. The number of hydrogen-bond acceptors (Lipinski definition) is 4.